The Hall–Kier alpha value is -0.910. The molecule has 1 aliphatic heterocycles. The van der Waals surface area contributed by atoms with Crippen molar-refractivity contribution >= 4 is 5.97 Å². The van der Waals surface area contributed by atoms with Crippen molar-refractivity contribution in [1.82, 2.24) is 0 Å². The van der Waals surface area contributed by atoms with Gasteiger partial charge in [-0.3, -0.25) is 4.79 Å². The van der Waals surface area contributed by atoms with Crippen LogP contribution in [-0.2, 0) is 23.7 Å². The summed E-state index contributed by atoms with van der Waals surface area (Å²) in [5.41, 5.74) is 0. The van der Waals surface area contributed by atoms with Crippen molar-refractivity contribution in [2.45, 2.75) is 44.8 Å². The molecular formula is C15H26O5. The van der Waals surface area contributed by atoms with Gasteiger partial charge in [-0.25, -0.2) is 0 Å². The lowest BCUT2D eigenvalue weighted by Gasteiger charge is -2.29. The van der Waals surface area contributed by atoms with Crippen molar-refractivity contribution in [3.8, 4) is 0 Å². The lowest BCUT2D eigenvalue weighted by atomic mass is 9.99. The molecule has 0 N–H and O–H groups in total. The fourth-order valence-corrected chi connectivity index (χ4v) is 2.20. The first-order chi connectivity index (χ1) is 9.69. The largest absolute Gasteiger partial charge is 0.465 e. The first-order valence-electron chi connectivity index (χ1n) is 7.14. The van der Waals surface area contributed by atoms with Crippen LogP contribution in [0.3, 0.4) is 0 Å². The Bertz CT molecular complexity index is 303. The number of cyclic esters (lactones) is 1. The molecule has 0 aromatic rings. The summed E-state index contributed by atoms with van der Waals surface area (Å²) in [4.78, 5) is 11.6. The van der Waals surface area contributed by atoms with E-state index in [9.17, 15) is 4.79 Å². The Morgan fingerprint density at radius 2 is 2.15 bits per heavy atom. The summed E-state index contributed by atoms with van der Waals surface area (Å²) in [6.45, 7) is 2.51. The Morgan fingerprint density at radius 3 is 2.85 bits per heavy atom. The maximum absolute atomic E-state index is 11.6. The third kappa shape index (κ3) is 6.03. The van der Waals surface area contributed by atoms with E-state index in [1.807, 2.05) is 13.0 Å². The standard InChI is InChI=1S/C15H26O5/c1-12-10-19-14(16)9-7-5-4-6-8-13(18-3)15(12)20-11-17-2/h6,8,12-13,15H,4-5,7,9-11H2,1-3H3/t12-,13+,15+/m1/s1. The van der Waals surface area contributed by atoms with Gasteiger partial charge in [0.25, 0.3) is 0 Å². The fourth-order valence-electron chi connectivity index (χ4n) is 2.20. The minimum atomic E-state index is -0.205. The molecule has 0 bridgehead atoms. The van der Waals surface area contributed by atoms with Gasteiger partial charge in [-0.05, 0) is 19.3 Å². The van der Waals surface area contributed by atoms with Crippen molar-refractivity contribution in [1.29, 1.82) is 0 Å². The van der Waals surface area contributed by atoms with Gasteiger partial charge >= 0.3 is 5.97 Å². The van der Waals surface area contributed by atoms with Gasteiger partial charge in [0.05, 0.1) is 12.7 Å². The van der Waals surface area contributed by atoms with E-state index in [4.69, 9.17) is 18.9 Å². The zero-order chi connectivity index (χ0) is 14.8. The maximum Gasteiger partial charge on any atom is 0.305 e. The summed E-state index contributed by atoms with van der Waals surface area (Å²) in [7, 11) is 3.24. The minimum absolute atomic E-state index is 0.0307. The topological polar surface area (TPSA) is 54.0 Å². The predicted octanol–water partition coefficient (Wildman–Crippen LogP) is 2.30. The fraction of sp³-hybridized carbons (Fsp3) is 0.800. The lowest BCUT2D eigenvalue weighted by molar-refractivity contribution is -0.154. The van der Waals surface area contributed by atoms with Crippen molar-refractivity contribution < 1.29 is 23.7 Å². The highest BCUT2D eigenvalue weighted by Gasteiger charge is 2.27. The third-order valence-corrected chi connectivity index (χ3v) is 3.37. The van der Waals surface area contributed by atoms with Gasteiger partial charge in [-0.2, -0.15) is 0 Å². The summed E-state index contributed by atoms with van der Waals surface area (Å²) in [5.74, 6) is -0.107. The predicted molar refractivity (Wildman–Crippen MR) is 75.3 cm³/mol. The summed E-state index contributed by atoms with van der Waals surface area (Å²) in [6.07, 6.45) is 7.00. The molecule has 0 aliphatic carbocycles. The molecule has 20 heavy (non-hydrogen) atoms. The summed E-state index contributed by atoms with van der Waals surface area (Å²) in [5, 5.41) is 0. The van der Waals surface area contributed by atoms with Gasteiger partial charge < -0.3 is 18.9 Å². The van der Waals surface area contributed by atoms with E-state index in [0.717, 1.165) is 19.3 Å². The molecule has 0 fully saturated rings. The number of esters is 1. The van der Waals surface area contributed by atoms with Crippen LogP contribution >= 0.6 is 0 Å². The highest BCUT2D eigenvalue weighted by Crippen LogP contribution is 2.18. The van der Waals surface area contributed by atoms with E-state index in [2.05, 4.69) is 6.08 Å². The van der Waals surface area contributed by atoms with E-state index < -0.39 is 0 Å². The molecule has 5 nitrogen and oxygen atoms in total. The summed E-state index contributed by atoms with van der Waals surface area (Å²) >= 11 is 0. The molecule has 0 amide bonds. The average Bonchev–Trinajstić information content (AvgIpc) is 2.45. The van der Waals surface area contributed by atoms with Gasteiger partial charge in [-0.15, -0.1) is 0 Å². The van der Waals surface area contributed by atoms with E-state index >= 15 is 0 Å². The normalized spacial score (nSPS) is 29.4. The molecule has 0 radical (unpaired) electrons. The monoisotopic (exact) mass is 286 g/mol. The second-order valence-electron chi connectivity index (χ2n) is 5.07. The van der Waals surface area contributed by atoms with Crippen LogP contribution in [0.4, 0.5) is 0 Å². The summed E-state index contributed by atoms with van der Waals surface area (Å²) < 4.78 is 21.5. The van der Waals surface area contributed by atoms with Crippen molar-refractivity contribution in [2.24, 2.45) is 5.92 Å². The Morgan fingerprint density at radius 1 is 1.35 bits per heavy atom. The van der Waals surface area contributed by atoms with E-state index in [1.54, 1.807) is 14.2 Å². The molecule has 3 atom stereocenters. The molecule has 0 aromatic heterocycles. The van der Waals surface area contributed by atoms with Crippen LogP contribution in [0.5, 0.6) is 0 Å². The van der Waals surface area contributed by atoms with Crippen LogP contribution < -0.4 is 0 Å². The first kappa shape index (κ1) is 17.1. The molecule has 1 aliphatic rings. The zero-order valence-corrected chi connectivity index (χ0v) is 12.7. The number of hydrogen-bond donors (Lipinski definition) is 0. The van der Waals surface area contributed by atoms with Crippen LogP contribution in [0.15, 0.2) is 12.2 Å². The molecule has 0 unspecified atom stereocenters. The maximum atomic E-state index is 11.6. The number of hydrogen-bond acceptors (Lipinski definition) is 5. The molecule has 0 spiro atoms. The molecular weight excluding hydrogens is 260 g/mol. The lowest BCUT2D eigenvalue weighted by Crippen LogP contribution is -2.38. The number of carbonyl (C=O) groups is 1. The van der Waals surface area contributed by atoms with Gasteiger partial charge in [0, 0.05) is 26.6 Å². The van der Waals surface area contributed by atoms with Crippen molar-refractivity contribution in [3.63, 3.8) is 0 Å². The van der Waals surface area contributed by atoms with Crippen LogP contribution in [0.25, 0.3) is 0 Å². The zero-order valence-electron chi connectivity index (χ0n) is 12.7. The van der Waals surface area contributed by atoms with Crippen LogP contribution in [0, 0.1) is 5.92 Å². The number of methoxy groups -OCH3 is 2. The smallest absolute Gasteiger partial charge is 0.305 e. The third-order valence-electron chi connectivity index (χ3n) is 3.37. The molecule has 1 heterocycles. The number of allylic oxidation sites excluding steroid dienone is 1. The Labute approximate surface area is 121 Å². The highest BCUT2D eigenvalue weighted by atomic mass is 16.7. The minimum Gasteiger partial charge on any atom is -0.465 e. The SMILES string of the molecule is COCO[C@H]1[C@H](C)COC(=O)CCCCC=C[C@@H]1OC. The molecule has 0 aromatic carbocycles. The molecule has 5 heteroatoms. The number of carbonyl (C=O) groups excluding carboxylic acids is 1. The Kier molecular flexibility index (Phi) is 8.49. The molecule has 116 valence electrons. The van der Waals surface area contributed by atoms with Crippen LogP contribution in [0.2, 0.25) is 0 Å². The number of rotatable bonds is 4. The molecule has 1 rings (SSSR count). The van der Waals surface area contributed by atoms with Gasteiger partial charge in [0.1, 0.15) is 12.9 Å². The van der Waals surface area contributed by atoms with Gasteiger partial charge in [-0.1, -0.05) is 19.1 Å². The Balaban J connectivity index is 2.75. The van der Waals surface area contributed by atoms with Gasteiger partial charge in [0.2, 0.25) is 0 Å². The second kappa shape index (κ2) is 9.91. The van der Waals surface area contributed by atoms with Gasteiger partial charge in [0.15, 0.2) is 0 Å². The molecule has 0 saturated heterocycles. The van der Waals surface area contributed by atoms with Crippen LogP contribution in [0.1, 0.15) is 32.6 Å². The molecule has 0 saturated carbocycles. The number of ether oxygens (including phenoxy) is 4. The summed E-state index contributed by atoms with van der Waals surface area (Å²) in [6, 6.07) is 0. The van der Waals surface area contributed by atoms with E-state index in [-0.39, 0.29) is 30.9 Å². The van der Waals surface area contributed by atoms with E-state index in [1.165, 1.54) is 0 Å². The quantitative estimate of drug-likeness (QED) is 0.451. The van der Waals surface area contributed by atoms with Crippen molar-refractivity contribution in [3.05, 3.63) is 12.2 Å². The first-order valence-corrected chi connectivity index (χ1v) is 7.14. The average molecular weight is 286 g/mol. The highest BCUT2D eigenvalue weighted by molar-refractivity contribution is 5.69. The van der Waals surface area contributed by atoms with E-state index in [0.29, 0.717) is 13.0 Å². The second-order valence-corrected chi connectivity index (χ2v) is 5.07. The van der Waals surface area contributed by atoms with Crippen molar-refractivity contribution in [2.75, 3.05) is 27.6 Å². The van der Waals surface area contributed by atoms with Crippen LogP contribution in [-0.4, -0.2) is 45.8 Å².